The van der Waals surface area contributed by atoms with Gasteiger partial charge in [-0.25, -0.2) is 9.97 Å². The second kappa shape index (κ2) is 9.89. The number of nitrogens with zero attached hydrogens (tertiary/aromatic N) is 6. The fourth-order valence-electron chi connectivity index (χ4n) is 4.67. The fourth-order valence-corrected chi connectivity index (χ4v) is 4.67. The standard InChI is InChI=1S/C30H10F6N6/c31-29(32,33)22-9-15(5-7-17(22)11-37)25-26(16-6-8-18(12-38)23(10-16)30(34,35)36)42-28-24(19(13-39)14-40)20-3-1-2-4-21(20)27(28)41-25/h1-10H. The van der Waals surface area contributed by atoms with E-state index in [1.807, 2.05) is 0 Å². The first-order valence-electron chi connectivity index (χ1n) is 11.7. The highest BCUT2D eigenvalue weighted by Crippen LogP contribution is 2.47. The maximum absolute atomic E-state index is 13.9. The Kier molecular flexibility index (Phi) is 6.49. The summed E-state index contributed by atoms with van der Waals surface area (Å²) in [4.78, 5) is 9.05. The van der Waals surface area contributed by atoms with Crippen LogP contribution in [0.5, 0.6) is 0 Å². The van der Waals surface area contributed by atoms with Gasteiger partial charge in [-0.2, -0.15) is 47.4 Å². The van der Waals surface area contributed by atoms with E-state index in [0.717, 1.165) is 24.3 Å². The lowest BCUT2D eigenvalue weighted by molar-refractivity contribution is -0.138. The van der Waals surface area contributed by atoms with Gasteiger partial charge in [-0.3, -0.25) is 0 Å². The van der Waals surface area contributed by atoms with Gasteiger partial charge in [0.15, 0.2) is 0 Å². The number of hydrogen-bond donors (Lipinski definition) is 0. The molecule has 5 rings (SSSR count). The summed E-state index contributed by atoms with van der Waals surface area (Å²) < 4.78 is 83.1. The molecule has 0 aliphatic heterocycles. The molecule has 1 aliphatic rings. The van der Waals surface area contributed by atoms with Gasteiger partial charge in [0.25, 0.3) is 0 Å². The van der Waals surface area contributed by atoms with Crippen LogP contribution in [0.25, 0.3) is 39.3 Å². The Labute approximate surface area is 233 Å². The second-order valence-corrected chi connectivity index (χ2v) is 8.88. The minimum Gasteiger partial charge on any atom is -0.243 e. The Balaban J connectivity index is 1.92. The van der Waals surface area contributed by atoms with Crippen LogP contribution >= 0.6 is 0 Å². The first-order chi connectivity index (χ1) is 19.9. The van der Waals surface area contributed by atoms with Crippen LogP contribution in [0.2, 0.25) is 0 Å². The highest BCUT2D eigenvalue weighted by atomic mass is 19.4. The normalized spacial score (nSPS) is 11.9. The lowest BCUT2D eigenvalue weighted by Crippen LogP contribution is -2.09. The molecule has 0 bridgehead atoms. The zero-order valence-electron chi connectivity index (χ0n) is 20.7. The quantitative estimate of drug-likeness (QED) is 0.161. The molecule has 42 heavy (non-hydrogen) atoms. The number of allylic oxidation sites excluding steroid dienone is 1. The predicted octanol–water partition coefficient (Wildman–Crippen LogP) is 7.42. The summed E-state index contributed by atoms with van der Waals surface area (Å²) in [5.74, 6) is 0. The van der Waals surface area contributed by atoms with E-state index in [1.54, 1.807) is 36.4 Å². The van der Waals surface area contributed by atoms with Gasteiger partial charge < -0.3 is 0 Å². The molecule has 6 nitrogen and oxygen atoms in total. The summed E-state index contributed by atoms with van der Waals surface area (Å²) in [6.45, 7) is 0. The maximum atomic E-state index is 13.9. The molecule has 0 saturated heterocycles. The molecule has 0 unspecified atom stereocenters. The minimum atomic E-state index is -4.96. The topological polar surface area (TPSA) is 121 Å². The minimum absolute atomic E-state index is 0.0318. The summed E-state index contributed by atoms with van der Waals surface area (Å²) in [7, 11) is 0. The van der Waals surface area contributed by atoms with Crippen molar-refractivity contribution in [1.29, 1.82) is 21.0 Å². The van der Waals surface area contributed by atoms with E-state index in [9.17, 15) is 47.4 Å². The van der Waals surface area contributed by atoms with Gasteiger partial charge in [0.2, 0.25) is 0 Å². The van der Waals surface area contributed by atoms with E-state index in [1.165, 1.54) is 12.1 Å². The lowest BCUT2D eigenvalue weighted by Gasteiger charge is -2.16. The molecule has 1 aromatic heterocycles. The average molecular weight is 568 g/mol. The van der Waals surface area contributed by atoms with Crippen LogP contribution in [0.4, 0.5) is 26.3 Å². The van der Waals surface area contributed by atoms with Crippen LogP contribution in [0, 0.1) is 45.3 Å². The van der Waals surface area contributed by atoms with Gasteiger partial charge in [0.05, 0.1) is 51.5 Å². The third kappa shape index (κ3) is 4.48. The number of nitriles is 4. The smallest absolute Gasteiger partial charge is 0.243 e. The number of halogens is 6. The Morgan fingerprint density at radius 2 is 1.02 bits per heavy atom. The first-order valence-corrected chi connectivity index (χ1v) is 11.7. The predicted molar refractivity (Wildman–Crippen MR) is 135 cm³/mol. The summed E-state index contributed by atoms with van der Waals surface area (Å²) >= 11 is 0. The van der Waals surface area contributed by atoms with E-state index >= 15 is 0 Å². The largest absolute Gasteiger partial charge is 0.417 e. The van der Waals surface area contributed by atoms with Crippen LogP contribution in [-0.2, 0) is 12.4 Å². The second-order valence-electron chi connectivity index (χ2n) is 8.88. The number of alkyl halides is 6. The number of benzene rings is 3. The van der Waals surface area contributed by atoms with Crippen molar-refractivity contribution in [2.45, 2.75) is 12.4 Å². The lowest BCUT2D eigenvalue weighted by atomic mass is 9.96. The van der Waals surface area contributed by atoms with E-state index < -0.39 is 34.6 Å². The molecule has 0 N–H and O–H groups in total. The van der Waals surface area contributed by atoms with E-state index in [-0.39, 0.29) is 45.0 Å². The molecule has 1 heterocycles. The third-order valence-corrected chi connectivity index (χ3v) is 6.50. The molecule has 4 aromatic rings. The van der Waals surface area contributed by atoms with Gasteiger partial charge in [-0.1, -0.05) is 36.4 Å². The zero-order chi connectivity index (χ0) is 30.4. The Hall–Kier alpha value is -5.98. The number of fused-ring (bicyclic) bond motifs is 3. The average Bonchev–Trinajstić information content (AvgIpc) is 3.29. The molecule has 202 valence electrons. The zero-order valence-corrected chi connectivity index (χ0v) is 20.7. The number of rotatable bonds is 2. The molecule has 0 radical (unpaired) electrons. The molecule has 3 aromatic carbocycles. The molecule has 0 saturated carbocycles. The highest BCUT2D eigenvalue weighted by Gasteiger charge is 2.37. The van der Waals surface area contributed by atoms with Crippen LogP contribution in [-0.4, -0.2) is 9.97 Å². The SMILES string of the molecule is N#CC(C#N)=C1c2ccccc2-c2nc(-c3ccc(C#N)c(C(F)(F)F)c3)c(-c3ccc(C#N)c(C(F)(F)F)c3)nc21. The van der Waals surface area contributed by atoms with E-state index in [4.69, 9.17) is 0 Å². The summed E-state index contributed by atoms with van der Waals surface area (Å²) in [6, 6.07) is 18.3. The molecule has 1 aliphatic carbocycles. The molecule has 0 atom stereocenters. The van der Waals surface area contributed by atoms with Crippen LogP contribution < -0.4 is 0 Å². The number of aromatic nitrogens is 2. The van der Waals surface area contributed by atoms with Gasteiger partial charge in [0, 0.05) is 22.3 Å². The maximum Gasteiger partial charge on any atom is 0.417 e. The summed E-state index contributed by atoms with van der Waals surface area (Å²) in [5, 5.41) is 37.7. The van der Waals surface area contributed by atoms with Crippen LogP contribution in [0.3, 0.4) is 0 Å². The molecular formula is C30H10F6N6. The van der Waals surface area contributed by atoms with Gasteiger partial charge in [0.1, 0.15) is 23.4 Å². The highest BCUT2D eigenvalue weighted by molar-refractivity contribution is 6.02. The molecule has 0 amide bonds. The van der Waals surface area contributed by atoms with Crippen molar-refractivity contribution in [1.82, 2.24) is 9.97 Å². The van der Waals surface area contributed by atoms with Crippen LogP contribution in [0.1, 0.15) is 33.5 Å². The Morgan fingerprint density at radius 1 is 0.571 bits per heavy atom. The third-order valence-electron chi connectivity index (χ3n) is 6.50. The van der Waals surface area contributed by atoms with Crippen LogP contribution in [0.15, 0.2) is 66.2 Å². The Bertz CT molecular complexity index is 2000. The molecule has 12 heteroatoms. The monoisotopic (exact) mass is 568 g/mol. The van der Waals surface area contributed by atoms with E-state index in [0.29, 0.717) is 23.3 Å². The summed E-state index contributed by atoms with van der Waals surface area (Å²) in [6.07, 6.45) is -9.90. The van der Waals surface area contributed by atoms with Crippen molar-refractivity contribution in [2.24, 2.45) is 0 Å². The molecule has 0 fully saturated rings. The van der Waals surface area contributed by atoms with Crippen molar-refractivity contribution in [3.05, 3.63) is 99.7 Å². The van der Waals surface area contributed by atoms with Crippen molar-refractivity contribution in [2.75, 3.05) is 0 Å². The van der Waals surface area contributed by atoms with Gasteiger partial charge in [-0.05, 0) is 29.8 Å². The van der Waals surface area contributed by atoms with Crippen molar-refractivity contribution in [3.63, 3.8) is 0 Å². The molecular weight excluding hydrogens is 558 g/mol. The summed E-state index contributed by atoms with van der Waals surface area (Å²) in [5.41, 5.74) is -4.44. The van der Waals surface area contributed by atoms with Crippen molar-refractivity contribution in [3.8, 4) is 58.0 Å². The first kappa shape index (κ1) is 27.6. The van der Waals surface area contributed by atoms with E-state index in [2.05, 4.69) is 9.97 Å². The van der Waals surface area contributed by atoms with Crippen molar-refractivity contribution >= 4 is 5.57 Å². The van der Waals surface area contributed by atoms with Crippen molar-refractivity contribution < 1.29 is 26.3 Å². The Morgan fingerprint density at radius 3 is 1.45 bits per heavy atom. The molecule has 0 spiro atoms. The number of hydrogen-bond acceptors (Lipinski definition) is 6. The van der Waals surface area contributed by atoms with Gasteiger partial charge in [-0.15, -0.1) is 0 Å². The fraction of sp³-hybridized carbons (Fsp3) is 0.0667. The van der Waals surface area contributed by atoms with Gasteiger partial charge >= 0.3 is 12.4 Å².